The molecule has 0 aliphatic carbocycles. The molecule has 2 aromatic carbocycles. The van der Waals surface area contributed by atoms with Gasteiger partial charge in [0.1, 0.15) is 0 Å². The lowest BCUT2D eigenvalue weighted by atomic mass is 10.1. The highest BCUT2D eigenvalue weighted by atomic mass is 79.9. The van der Waals surface area contributed by atoms with E-state index in [0.29, 0.717) is 22.2 Å². The van der Waals surface area contributed by atoms with Crippen molar-refractivity contribution in [2.45, 2.75) is 19.1 Å². The molecular weight excluding hydrogens is 373 g/mol. The monoisotopic (exact) mass is 387 g/mol. The highest BCUT2D eigenvalue weighted by Gasteiger charge is 2.14. The van der Waals surface area contributed by atoms with E-state index in [-0.39, 0.29) is 6.04 Å². The van der Waals surface area contributed by atoms with Gasteiger partial charge in [-0.25, -0.2) is 0 Å². The highest BCUT2D eigenvalue weighted by molar-refractivity contribution is 9.10. The van der Waals surface area contributed by atoms with Crippen molar-refractivity contribution >= 4 is 39.1 Å². The Morgan fingerprint density at radius 2 is 1.95 bits per heavy atom. The molecule has 2 nitrogen and oxygen atoms in total. The van der Waals surface area contributed by atoms with Gasteiger partial charge in [0.05, 0.1) is 6.10 Å². The minimum Gasteiger partial charge on any atom is -0.387 e. The average Bonchev–Trinajstić information content (AvgIpc) is 2.47. The predicted molar refractivity (Wildman–Crippen MR) is 92.0 cm³/mol. The lowest BCUT2D eigenvalue weighted by Crippen LogP contribution is -2.24. The molecule has 2 N–H and O–H groups in total. The van der Waals surface area contributed by atoms with Gasteiger partial charge in [0.15, 0.2) is 0 Å². The third-order valence-corrected chi connectivity index (χ3v) is 4.36. The second kappa shape index (κ2) is 7.61. The second-order valence-corrected chi connectivity index (χ2v) is 6.63. The van der Waals surface area contributed by atoms with E-state index in [1.807, 2.05) is 25.1 Å². The third-order valence-electron chi connectivity index (χ3n) is 3.28. The molecular formula is C16H16BrCl2NO. The molecule has 5 heteroatoms. The molecule has 0 heterocycles. The summed E-state index contributed by atoms with van der Waals surface area (Å²) in [5.41, 5.74) is 1.78. The number of nitrogens with one attached hydrogen (secondary N) is 1. The van der Waals surface area contributed by atoms with Gasteiger partial charge in [0.25, 0.3) is 0 Å². The molecule has 112 valence electrons. The van der Waals surface area contributed by atoms with Crippen molar-refractivity contribution < 1.29 is 5.11 Å². The zero-order valence-electron chi connectivity index (χ0n) is 11.5. The zero-order chi connectivity index (χ0) is 15.4. The molecule has 0 spiro atoms. The second-order valence-electron chi connectivity index (χ2n) is 4.87. The van der Waals surface area contributed by atoms with Crippen molar-refractivity contribution in [2.24, 2.45) is 0 Å². The van der Waals surface area contributed by atoms with E-state index in [1.165, 1.54) is 0 Å². The molecule has 0 aliphatic rings. The van der Waals surface area contributed by atoms with Gasteiger partial charge in [-0.15, -0.1) is 0 Å². The number of aliphatic hydroxyl groups excluding tert-OH is 1. The van der Waals surface area contributed by atoms with Crippen LogP contribution in [-0.2, 0) is 0 Å². The minimum atomic E-state index is -0.703. The first-order chi connectivity index (χ1) is 9.97. The molecule has 2 atom stereocenters. The summed E-state index contributed by atoms with van der Waals surface area (Å²) < 4.78 is 1.03. The number of hydrogen-bond donors (Lipinski definition) is 2. The first-order valence-electron chi connectivity index (χ1n) is 6.59. The first kappa shape index (κ1) is 16.8. The maximum atomic E-state index is 10.3. The Morgan fingerprint density at radius 3 is 2.67 bits per heavy atom. The Labute approximate surface area is 143 Å². The van der Waals surface area contributed by atoms with Crippen LogP contribution in [0.2, 0.25) is 10.0 Å². The van der Waals surface area contributed by atoms with E-state index in [0.717, 1.165) is 10.0 Å². The number of benzene rings is 2. The zero-order valence-corrected chi connectivity index (χ0v) is 14.6. The molecule has 0 bridgehead atoms. The summed E-state index contributed by atoms with van der Waals surface area (Å²) in [6, 6.07) is 13.3. The van der Waals surface area contributed by atoms with Gasteiger partial charge in [-0.2, -0.15) is 0 Å². The van der Waals surface area contributed by atoms with E-state index in [1.54, 1.807) is 18.2 Å². The fraction of sp³-hybridized carbons (Fsp3) is 0.250. The summed E-state index contributed by atoms with van der Waals surface area (Å²) >= 11 is 15.5. The summed E-state index contributed by atoms with van der Waals surface area (Å²) in [6.45, 7) is 2.45. The van der Waals surface area contributed by atoms with Crippen molar-refractivity contribution in [3.05, 3.63) is 68.1 Å². The van der Waals surface area contributed by atoms with Crippen molar-refractivity contribution in [3.8, 4) is 0 Å². The maximum Gasteiger partial charge on any atom is 0.0929 e. The number of aliphatic hydroxyl groups is 1. The smallest absolute Gasteiger partial charge is 0.0929 e. The van der Waals surface area contributed by atoms with Crippen molar-refractivity contribution in [3.63, 3.8) is 0 Å². The molecule has 0 radical (unpaired) electrons. The van der Waals surface area contributed by atoms with Crippen LogP contribution in [0, 0.1) is 0 Å². The summed E-state index contributed by atoms with van der Waals surface area (Å²) in [6.07, 6.45) is -0.703. The van der Waals surface area contributed by atoms with E-state index in [2.05, 4.69) is 27.3 Å². The van der Waals surface area contributed by atoms with Crippen LogP contribution in [0.15, 0.2) is 46.9 Å². The van der Waals surface area contributed by atoms with Gasteiger partial charge in [-0.1, -0.05) is 51.3 Å². The van der Waals surface area contributed by atoms with Crippen molar-refractivity contribution in [1.29, 1.82) is 0 Å². The van der Waals surface area contributed by atoms with E-state index < -0.39 is 6.10 Å². The van der Waals surface area contributed by atoms with Crippen LogP contribution in [-0.4, -0.2) is 11.7 Å². The predicted octanol–water partition coefficient (Wildman–Crippen LogP) is 5.14. The Balaban J connectivity index is 2.00. The van der Waals surface area contributed by atoms with E-state index >= 15 is 0 Å². The maximum absolute atomic E-state index is 10.3. The van der Waals surface area contributed by atoms with Crippen LogP contribution in [0.4, 0.5) is 0 Å². The largest absolute Gasteiger partial charge is 0.387 e. The Morgan fingerprint density at radius 1 is 1.19 bits per heavy atom. The van der Waals surface area contributed by atoms with Gasteiger partial charge in [-0.3, -0.25) is 0 Å². The summed E-state index contributed by atoms with van der Waals surface area (Å²) in [4.78, 5) is 0. The number of halogens is 3. The molecule has 2 rings (SSSR count). The normalized spacial score (nSPS) is 14.0. The van der Waals surface area contributed by atoms with E-state index in [9.17, 15) is 5.11 Å². The molecule has 0 saturated heterocycles. The van der Waals surface area contributed by atoms with E-state index in [4.69, 9.17) is 23.2 Å². The fourth-order valence-electron chi connectivity index (χ4n) is 2.06. The summed E-state index contributed by atoms with van der Waals surface area (Å²) in [7, 11) is 0. The lowest BCUT2D eigenvalue weighted by Gasteiger charge is -2.19. The SMILES string of the molecule is C[C@H](NCC(O)c1cc(Cl)ccc1Cl)c1cccc(Br)c1. The minimum absolute atomic E-state index is 0.120. The van der Waals surface area contributed by atoms with Crippen LogP contribution in [0.1, 0.15) is 30.2 Å². The first-order valence-corrected chi connectivity index (χ1v) is 8.14. The molecule has 0 aliphatic heterocycles. The molecule has 0 fully saturated rings. The Bertz CT molecular complexity index is 621. The van der Waals surface area contributed by atoms with Crippen molar-refractivity contribution in [1.82, 2.24) is 5.32 Å². The summed E-state index contributed by atoms with van der Waals surface area (Å²) in [5, 5.41) is 14.6. The lowest BCUT2D eigenvalue weighted by molar-refractivity contribution is 0.171. The van der Waals surface area contributed by atoms with Crippen LogP contribution in [0.5, 0.6) is 0 Å². The topological polar surface area (TPSA) is 32.3 Å². The molecule has 0 saturated carbocycles. The third kappa shape index (κ3) is 4.70. The average molecular weight is 389 g/mol. The van der Waals surface area contributed by atoms with Gasteiger partial charge in [0.2, 0.25) is 0 Å². The van der Waals surface area contributed by atoms with Crippen LogP contribution >= 0.6 is 39.1 Å². The Kier molecular flexibility index (Phi) is 6.08. The van der Waals surface area contributed by atoms with Crippen molar-refractivity contribution in [2.75, 3.05) is 6.54 Å². The fourth-order valence-corrected chi connectivity index (χ4v) is 2.90. The summed E-state index contributed by atoms with van der Waals surface area (Å²) in [5.74, 6) is 0. The molecule has 2 aromatic rings. The highest BCUT2D eigenvalue weighted by Crippen LogP contribution is 2.26. The quantitative estimate of drug-likeness (QED) is 0.743. The van der Waals surface area contributed by atoms with Crippen LogP contribution in [0.25, 0.3) is 0 Å². The van der Waals surface area contributed by atoms with Crippen LogP contribution < -0.4 is 5.32 Å². The molecule has 1 unspecified atom stereocenters. The number of hydrogen-bond acceptors (Lipinski definition) is 2. The molecule has 21 heavy (non-hydrogen) atoms. The van der Waals surface area contributed by atoms with Gasteiger partial charge in [-0.05, 0) is 42.8 Å². The van der Waals surface area contributed by atoms with Gasteiger partial charge >= 0.3 is 0 Å². The standard InChI is InChI=1S/C16H16BrCl2NO/c1-10(11-3-2-4-12(17)7-11)20-9-16(21)14-8-13(18)5-6-15(14)19/h2-8,10,16,20-21H,9H2,1H3/t10-,16?/m0/s1. The molecule has 0 aromatic heterocycles. The van der Waals surface area contributed by atoms with Gasteiger partial charge in [0, 0.05) is 32.7 Å². The Hall–Kier alpha value is -0.580. The molecule has 0 amide bonds. The van der Waals surface area contributed by atoms with Crippen LogP contribution in [0.3, 0.4) is 0 Å². The number of rotatable bonds is 5. The van der Waals surface area contributed by atoms with Gasteiger partial charge < -0.3 is 10.4 Å².